The van der Waals surface area contributed by atoms with Gasteiger partial charge in [0.05, 0.1) is 43.8 Å². The molecule has 5 atom stereocenters. The van der Waals surface area contributed by atoms with Gasteiger partial charge >= 0.3 is 12.1 Å². The van der Waals surface area contributed by atoms with Gasteiger partial charge < -0.3 is 45.3 Å². The lowest BCUT2D eigenvalue weighted by Gasteiger charge is -2.44. The third-order valence-corrected chi connectivity index (χ3v) is 12.6. The van der Waals surface area contributed by atoms with Crippen LogP contribution in [0.25, 0.3) is 22.4 Å². The number of piperazine rings is 1. The molecule has 0 aliphatic carbocycles. The predicted octanol–water partition coefficient (Wildman–Crippen LogP) is 4.21. The molecular formula is C45H55N9O8. The monoisotopic (exact) mass is 849 g/mol. The van der Waals surface area contributed by atoms with Crippen molar-refractivity contribution in [3.8, 4) is 22.4 Å². The third kappa shape index (κ3) is 8.21. The summed E-state index contributed by atoms with van der Waals surface area (Å²) in [5.41, 5.74) is 8.01. The number of anilines is 2. The number of nitrogens with two attached hydrogens (primary N) is 1. The number of aromatic amines is 1. The van der Waals surface area contributed by atoms with Crippen molar-refractivity contribution in [2.75, 3.05) is 57.2 Å². The highest BCUT2D eigenvalue weighted by Gasteiger charge is 2.52. The molecule has 3 fully saturated rings. The summed E-state index contributed by atoms with van der Waals surface area (Å²) in [7, 11) is 2.52. The number of rotatable bonds is 10. The van der Waals surface area contributed by atoms with Gasteiger partial charge in [-0.15, -0.1) is 0 Å². The van der Waals surface area contributed by atoms with E-state index in [1.54, 1.807) is 32.3 Å². The third-order valence-electron chi connectivity index (χ3n) is 12.6. The number of benzene rings is 2. The van der Waals surface area contributed by atoms with Crippen LogP contribution in [0.5, 0.6) is 0 Å². The number of imidazole rings is 1. The number of pyridine rings is 1. The molecule has 328 valence electrons. The minimum Gasteiger partial charge on any atom is -0.467 e. The number of H-pyrrole nitrogens is 1. The highest BCUT2D eigenvalue weighted by Crippen LogP contribution is 2.36. The van der Waals surface area contributed by atoms with Crippen molar-refractivity contribution in [2.45, 2.75) is 76.2 Å². The van der Waals surface area contributed by atoms with E-state index >= 15 is 0 Å². The zero-order chi connectivity index (χ0) is 44.5. The Morgan fingerprint density at radius 3 is 2.19 bits per heavy atom. The Morgan fingerprint density at radius 2 is 1.58 bits per heavy atom. The molecule has 0 spiro atoms. The summed E-state index contributed by atoms with van der Waals surface area (Å²) in [6.45, 7) is 9.22. The SMILES string of the molecule is COC(=O)N1CCCC1(C)C(=O)N1CCN(c2ccc(C(=O)Nc3ccc(-c4ccc(-c5cnc([C@@H]6C[C@H](O)CN6C(=O)C(N)(C(=O)OC)C(C)C)[nH]5)cc4)cc3)cn2)C(C)C1. The lowest BCUT2D eigenvalue weighted by Crippen LogP contribution is -2.64. The molecule has 3 aliphatic heterocycles. The van der Waals surface area contributed by atoms with Crippen LogP contribution in [0.15, 0.2) is 73.1 Å². The van der Waals surface area contributed by atoms with Crippen LogP contribution in [0.2, 0.25) is 0 Å². The van der Waals surface area contributed by atoms with E-state index < -0.39 is 47.1 Å². The highest BCUT2D eigenvalue weighted by molar-refractivity contribution is 6.08. The molecule has 0 radical (unpaired) electrons. The Morgan fingerprint density at radius 1 is 0.903 bits per heavy atom. The number of nitrogens with one attached hydrogen (secondary N) is 2. The van der Waals surface area contributed by atoms with Gasteiger partial charge in [-0.3, -0.25) is 19.3 Å². The molecule has 4 amide bonds. The number of nitrogens with zero attached hydrogens (tertiary/aromatic N) is 6. The standard InChI is InChI=1S/C45H55N9O8/c1-27(2)45(46,42(59)61-5)41(58)53-26-34(55)22-36(53)38-48-24-35(50-38)31-10-8-29(9-11-31)30-12-15-33(16-13-30)49-39(56)32-14-17-37(47-23-32)52-21-20-51(25-28(52)3)40(57)44(4)18-7-19-54(44)43(60)62-6/h8-17,23-24,27-28,34,36,55H,7,18-22,25-26,46H2,1-6H3,(H,48,50)(H,49,56)/t28?,34-,36-,44?,45?/m0/s1. The van der Waals surface area contributed by atoms with Crippen molar-refractivity contribution in [1.29, 1.82) is 0 Å². The lowest BCUT2D eigenvalue weighted by atomic mass is 9.85. The first-order chi connectivity index (χ1) is 29.6. The molecule has 3 unspecified atom stereocenters. The predicted molar refractivity (Wildman–Crippen MR) is 231 cm³/mol. The van der Waals surface area contributed by atoms with Gasteiger partial charge in [0, 0.05) is 57.1 Å². The first-order valence-corrected chi connectivity index (χ1v) is 20.9. The van der Waals surface area contributed by atoms with Crippen molar-refractivity contribution in [1.82, 2.24) is 29.7 Å². The molecule has 3 aliphatic rings. The van der Waals surface area contributed by atoms with Crippen LogP contribution < -0.4 is 16.0 Å². The van der Waals surface area contributed by atoms with E-state index in [1.165, 1.54) is 24.0 Å². The second kappa shape index (κ2) is 17.6. The molecular weight excluding hydrogens is 795 g/mol. The Labute approximate surface area is 360 Å². The quantitative estimate of drug-likeness (QED) is 0.130. The van der Waals surface area contributed by atoms with Crippen molar-refractivity contribution >= 4 is 41.3 Å². The molecule has 5 N–H and O–H groups in total. The van der Waals surface area contributed by atoms with E-state index in [-0.39, 0.29) is 30.8 Å². The molecule has 0 saturated carbocycles. The number of hydrogen-bond acceptors (Lipinski definition) is 12. The maximum Gasteiger partial charge on any atom is 0.410 e. The fraction of sp³-hybridized carbons (Fsp3) is 0.444. The molecule has 17 heteroatoms. The van der Waals surface area contributed by atoms with Crippen molar-refractivity contribution in [3.63, 3.8) is 0 Å². The van der Waals surface area contributed by atoms with Crippen LogP contribution in [0.1, 0.15) is 69.2 Å². The number of β-amino-alcohol motifs (C(OH)–C–C–N with tert-alkyl or cyclic N) is 1. The van der Waals surface area contributed by atoms with Crippen molar-refractivity contribution in [3.05, 3.63) is 84.4 Å². The highest BCUT2D eigenvalue weighted by atomic mass is 16.5. The normalized spacial score (nSPS) is 22.4. The van der Waals surface area contributed by atoms with Crippen LogP contribution in [0.4, 0.5) is 16.3 Å². The maximum absolute atomic E-state index is 13.7. The van der Waals surface area contributed by atoms with Crippen LogP contribution in [-0.4, -0.2) is 135 Å². The Bertz CT molecular complexity index is 2300. The minimum absolute atomic E-state index is 0.00972. The fourth-order valence-electron chi connectivity index (χ4n) is 8.82. The number of likely N-dealkylation sites (tertiary alicyclic amines) is 2. The zero-order valence-corrected chi connectivity index (χ0v) is 36.0. The summed E-state index contributed by atoms with van der Waals surface area (Å²) in [5, 5.41) is 13.5. The van der Waals surface area contributed by atoms with E-state index in [9.17, 15) is 29.1 Å². The topological polar surface area (TPSA) is 217 Å². The smallest absolute Gasteiger partial charge is 0.410 e. The number of aliphatic hydroxyl groups excluding tert-OH is 1. The summed E-state index contributed by atoms with van der Waals surface area (Å²) < 4.78 is 9.82. The van der Waals surface area contributed by atoms with Crippen LogP contribution in [0.3, 0.4) is 0 Å². The van der Waals surface area contributed by atoms with E-state index in [4.69, 9.17) is 15.2 Å². The van der Waals surface area contributed by atoms with Gasteiger partial charge in [0.1, 0.15) is 17.2 Å². The molecule has 2 aromatic heterocycles. The molecule has 5 heterocycles. The number of carbonyl (C=O) groups is 5. The van der Waals surface area contributed by atoms with Crippen molar-refractivity contribution in [2.24, 2.45) is 11.7 Å². The first-order valence-electron chi connectivity index (χ1n) is 20.9. The molecule has 2 aromatic carbocycles. The second-order valence-corrected chi connectivity index (χ2v) is 16.9. The summed E-state index contributed by atoms with van der Waals surface area (Å²) in [4.78, 5) is 84.9. The van der Waals surface area contributed by atoms with Gasteiger partial charge in [-0.25, -0.2) is 19.6 Å². The Kier molecular flexibility index (Phi) is 12.4. The number of esters is 1. The summed E-state index contributed by atoms with van der Waals surface area (Å²) in [5.74, 6) is -1.20. The lowest BCUT2D eigenvalue weighted by molar-refractivity contribution is -0.159. The summed E-state index contributed by atoms with van der Waals surface area (Å²) in [6.07, 6.45) is 3.49. The average Bonchev–Trinajstić information content (AvgIpc) is 4.04. The zero-order valence-electron chi connectivity index (χ0n) is 36.0. The van der Waals surface area contributed by atoms with Crippen LogP contribution in [0, 0.1) is 5.92 Å². The van der Waals surface area contributed by atoms with E-state index in [0.717, 1.165) is 23.1 Å². The Balaban J connectivity index is 0.939. The number of ether oxygens (including phenoxy) is 2. The van der Waals surface area contributed by atoms with E-state index in [1.807, 2.05) is 73.3 Å². The number of hydrogen-bond donors (Lipinski definition) is 4. The maximum atomic E-state index is 13.7. The number of aliphatic hydroxyl groups is 1. The number of methoxy groups -OCH3 is 2. The van der Waals surface area contributed by atoms with Gasteiger partial charge in [0.2, 0.25) is 5.91 Å². The molecule has 4 aromatic rings. The number of amides is 4. The van der Waals surface area contributed by atoms with E-state index in [0.29, 0.717) is 61.2 Å². The van der Waals surface area contributed by atoms with Gasteiger partial charge in [-0.05, 0) is 73.6 Å². The van der Waals surface area contributed by atoms with Gasteiger partial charge in [-0.2, -0.15) is 0 Å². The first kappa shape index (κ1) is 43.7. The van der Waals surface area contributed by atoms with Crippen LogP contribution in [-0.2, 0) is 23.9 Å². The van der Waals surface area contributed by atoms with Gasteiger partial charge in [-0.1, -0.05) is 50.2 Å². The van der Waals surface area contributed by atoms with Gasteiger partial charge in [0.15, 0.2) is 5.54 Å². The number of aromatic nitrogens is 3. The van der Waals surface area contributed by atoms with Crippen molar-refractivity contribution < 1.29 is 38.6 Å². The second-order valence-electron chi connectivity index (χ2n) is 16.9. The van der Waals surface area contributed by atoms with Gasteiger partial charge in [0.25, 0.3) is 11.8 Å². The minimum atomic E-state index is -1.91. The summed E-state index contributed by atoms with van der Waals surface area (Å²) in [6, 6.07) is 18.3. The fourth-order valence-corrected chi connectivity index (χ4v) is 8.82. The van der Waals surface area contributed by atoms with E-state index in [2.05, 4.69) is 25.2 Å². The summed E-state index contributed by atoms with van der Waals surface area (Å²) >= 11 is 0. The molecule has 17 nitrogen and oxygen atoms in total. The Hall–Kier alpha value is -6.33. The molecule has 62 heavy (non-hydrogen) atoms. The molecule has 0 bridgehead atoms. The molecule has 7 rings (SSSR count). The molecule has 3 saturated heterocycles. The van der Waals surface area contributed by atoms with Crippen LogP contribution >= 0.6 is 0 Å². The number of carbonyl (C=O) groups excluding carboxylic acids is 5. The average molecular weight is 850 g/mol. The largest absolute Gasteiger partial charge is 0.467 e.